The summed E-state index contributed by atoms with van der Waals surface area (Å²) >= 11 is 0. The second kappa shape index (κ2) is 23.1. The van der Waals surface area contributed by atoms with Crippen molar-refractivity contribution in [2.45, 2.75) is 248 Å². The van der Waals surface area contributed by atoms with E-state index in [0.29, 0.717) is 44.9 Å². The van der Waals surface area contributed by atoms with Gasteiger partial charge in [0.05, 0.1) is 38.1 Å². The predicted molar refractivity (Wildman–Crippen MR) is 273 cm³/mol. The molecule has 5 aliphatic heterocycles. The van der Waals surface area contributed by atoms with Gasteiger partial charge in [0, 0.05) is 25.4 Å². The minimum atomic E-state index is -1.92. The standard InChI is InChI=1S/C56H88O24/c1-23(2)12-11-16-54(8)32-19-35(73-25(4)59)55(9)26-13-14-31-52(5,6)34(15-17-53(31,7)27(26)18-33(61)56(32,55)51(69)80-54)76-50-46(36(62)28(60)22-71-50)79-47-40(66)39(65)43(24(3)72-47)77-49-42(68)45(38(64)30(21-58)75-49)78-48-41(67)44(70-10)37(63)29(20-57)74-48/h12,18,24,26,28-50,57-58,60-68H,11,13-17,19-22H2,1-10H3/t24-,26?,28-,29-,30-,31?,32-,33+,34+,35-,36+,37-,38-,39-,40-,41-,42-,43-,44+,45+,46-,47+,48+,49+,50+,53-,54+,55-,56?/m1/s1. The summed E-state index contributed by atoms with van der Waals surface area (Å²) in [6.07, 6.45) is -24.7. The molecule has 4 aliphatic carbocycles. The highest BCUT2D eigenvalue weighted by Crippen LogP contribution is 2.76. The highest BCUT2D eigenvalue weighted by molar-refractivity contribution is 5.85. The van der Waals surface area contributed by atoms with Crippen LogP contribution < -0.4 is 0 Å². The molecule has 0 aromatic carbocycles. The molecule has 3 saturated carbocycles. The van der Waals surface area contributed by atoms with E-state index in [-0.39, 0.29) is 18.4 Å². The van der Waals surface area contributed by atoms with E-state index in [9.17, 15) is 65.8 Å². The van der Waals surface area contributed by atoms with Gasteiger partial charge in [-0.1, -0.05) is 51.0 Å². The van der Waals surface area contributed by atoms with Gasteiger partial charge in [-0.25, -0.2) is 0 Å². The van der Waals surface area contributed by atoms with Crippen LogP contribution in [0, 0.1) is 39.4 Å². The molecule has 0 aromatic heterocycles. The molecule has 0 radical (unpaired) electrons. The maximum absolute atomic E-state index is 14.7. The van der Waals surface area contributed by atoms with Gasteiger partial charge >= 0.3 is 11.9 Å². The number of allylic oxidation sites excluding steroid dienone is 3. The van der Waals surface area contributed by atoms with Crippen LogP contribution in [0.15, 0.2) is 23.3 Å². The van der Waals surface area contributed by atoms with Crippen LogP contribution in [0.3, 0.4) is 0 Å². The number of hydrogen-bond acceptors (Lipinski definition) is 24. The van der Waals surface area contributed by atoms with Crippen molar-refractivity contribution in [1.29, 1.82) is 0 Å². The fourth-order valence-corrected chi connectivity index (χ4v) is 16.3. The first-order chi connectivity index (χ1) is 37.6. The average molecular weight is 1150 g/mol. The summed E-state index contributed by atoms with van der Waals surface area (Å²) in [5.74, 6) is -1.67. The lowest BCUT2D eigenvalue weighted by atomic mass is 9.40. The maximum atomic E-state index is 14.7. The molecule has 9 rings (SSSR count). The Morgan fingerprint density at radius 2 is 1.29 bits per heavy atom. The molecule has 5 saturated heterocycles. The van der Waals surface area contributed by atoms with Gasteiger partial charge in [-0.05, 0) is 95.3 Å². The first kappa shape index (κ1) is 62.2. The molecule has 8 fully saturated rings. The number of methoxy groups -OCH3 is 1. The molecule has 0 bridgehead atoms. The fraction of sp³-hybridized carbons (Fsp3) is 0.893. The molecule has 80 heavy (non-hydrogen) atoms. The second-order valence-electron chi connectivity index (χ2n) is 25.6. The molecule has 11 N–H and O–H groups in total. The number of rotatable bonds is 15. The molecule has 456 valence electrons. The van der Waals surface area contributed by atoms with Crippen molar-refractivity contribution in [3.05, 3.63) is 23.3 Å². The van der Waals surface area contributed by atoms with Gasteiger partial charge in [-0.3, -0.25) is 9.59 Å². The highest BCUT2D eigenvalue weighted by atomic mass is 16.8. The van der Waals surface area contributed by atoms with E-state index in [4.69, 9.17) is 52.1 Å². The minimum absolute atomic E-state index is 0.0717. The summed E-state index contributed by atoms with van der Waals surface area (Å²) in [6.45, 7) is 15.3. The monoisotopic (exact) mass is 1140 g/mol. The predicted octanol–water partition coefficient (Wildman–Crippen LogP) is -0.875. The molecule has 1 spiro atoms. The van der Waals surface area contributed by atoms with Crippen LogP contribution >= 0.6 is 0 Å². The van der Waals surface area contributed by atoms with Crippen LogP contribution in [0.25, 0.3) is 0 Å². The average Bonchev–Trinajstić information content (AvgIpc) is 3.48. The molecule has 0 amide bonds. The maximum Gasteiger partial charge on any atom is 0.316 e. The molecule has 0 aromatic rings. The molecule has 29 atom stereocenters. The van der Waals surface area contributed by atoms with Gasteiger partial charge < -0.3 is 108 Å². The SMILES string of the molecule is CO[C@@H]1[C@@H](O)[C@H](O[C@@H]2[C@@H](O)[C@H](O[C@H]3[C@H](O)[C@@H](O)[C@H](O[C@H]4[C@H](O[C@H]5CC[C@]6(C)C7=C[C@H](O)C89C(=O)O[C@@](C)(CCC=C(C)C)[C@H]8C[C@@H](OC(C)=O)[C@@]9(C)C7CCC6C5(C)C)OC[C@@H](O)[C@@H]4O)O[C@@H]3C)O[C@H](CO)[C@H]2O)O[C@H](CO)[C@H]1O. The van der Waals surface area contributed by atoms with Crippen LogP contribution in [-0.4, -0.2) is 236 Å². The van der Waals surface area contributed by atoms with Crippen molar-refractivity contribution in [2.24, 2.45) is 39.4 Å². The van der Waals surface area contributed by atoms with Crippen molar-refractivity contribution < 1.29 is 118 Å². The number of aliphatic hydroxyl groups is 11. The number of hydrogen-bond donors (Lipinski definition) is 11. The van der Waals surface area contributed by atoms with Crippen molar-refractivity contribution in [2.75, 3.05) is 26.9 Å². The first-order valence-corrected chi connectivity index (χ1v) is 28.4. The fourth-order valence-electron chi connectivity index (χ4n) is 16.3. The number of fused-ring (bicyclic) bond motifs is 4. The Morgan fingerprint density at radius 3 is 1.90 bits per heavy atom. The van der Waals surface area contributed by atoms with Crippen LogP contribution in [0.4, 0.5) is 0 Å². The summed E-state index contributed by atoms with van der Waals surface area (Å²) in [7, 11) is 1.20. The Hall–Kier alpha value is -2.38. The number of carbonyl (C=O) groups excluding carboxylic acids is 2. The number of esters is 2. The third-order valence-corrected chi connectivity index (χ3v) is 20.5. The number of ether oxygens (including phenoxy) is 11. The van der Waals surface area contributed by atoms with Crippen molar-refractivity contribution >= 4 is 11.9 Å². The van der Waals surface area contributed by atoms with Gasteiger partial charge in [-0.2, -0.15) is 0 Å². The normalized spacial score (nSPS) is 51.7. The van der Waals surface area contributed by atoms with E-state index in [2.05, 4.69) is 26.8 Å². The summed E-state index contributed by atoms with van der Waals surface area (Å²) in [5.41, 5.74) is -2.29. The van der Waals surface area contributed by atoms with Gasteiger partial charge in [0.1, 0.15) is 103 Å². The van der Waals surface area contributed by atoms with E-state index in [1.165, 1.54) is 21.0 Å². The number of cyclic esters (lactones) is 1. The summed E-state index contributed by atoms with van der Waals surface area (Å²) in [4.78, 5) is 27.6. The van der Waals surface area contributed by atoms with Crippen molar-refractivity contribution in [3.8, 4) is 0 Å². The first-order valence-electron chi connectivity index (χ1n) is 28.4. The van der Waals surface area contributed by atoms with E-state index in [0.717, 1.165) is 11.1 Å². The number of carbonyl (C=O) groups is 2. The second-order valence-corrected chi connectivity index (χ2v) is 25.6. The quantitative estimate of drug-likeness (QED) is 0.0539. The van der Waals surface area contributed by atoms with Crippen molar-refractivity contribution in [1.82, 2.24) is 0 Å². The van der Waals surface area contributed by atoms with E-state index in [1.807, 2.05) is 33.8 Å². The van der Waals surface area contributed by atoms with Gasteiger partial charge in [0.15, 0.2) is 25.2 Å². The molecule has 24 nitrogen and oxygen atoms in total. The molecule has 3 unspecified atom stereocenters. The van der Waals surface area contributed by atoms with Crippen LogP contribution in [0.2, 0.25) is 0 Å². The summed E-state index contributed by atoms with van der Waals surface area (Å²) < 4.78 is 66.0. The molecular weight excluding hydrogens is 1060 g/mol. The zero-order chi connectivity index (χ0) is 58.5. The molecule has 5 heterocycles. The van der Waals surface area contributed by atoms with E-state index in [1.54, 1.807) is 0 Å². The Morgan fingerprint density at radius 1 is 0.688 bits per heavy atom. The smallest absolute Gasteiger partial charge is 0.316 e. The topological polar surface area (TPSA) is 358 Å². The third-order valence-electron chi connectivity index (χ3n) is 20.5. The Balaban J connectivity index is 0.897. The molecule has 24 heteroatoms. The van der Waals surface area contributed by atoms with Crippen LogP contribution in [0.5, 0.6) is 0 Å². The zero-order valence-corrected chi connectivity index (χ0v) is 47.4. The zero-order valence-electron chi connectivity index (χ0n) is 47.4. The number of aliphatic hydroxyl groups excluding tert-OH is 11. The third kappa shape index (κ3) is 10.1. The van der Waals surface area contributed by atoms with Gasteiger partial charge in [0.25, 0.3) is 0 Å². The minimum Gasteiger partial charge on any atom is -0.462 e. The Bertz CT molecular complexity index is 2280. The molecular formula is C56H88O24. The van der Waals surface area contributed by atoms with Gasteiger partial charge in [-0.15, -0.1) is 0 Å². The Kier molecular flexibility index (Phi) is 18.0. The lowest BCUT2D eigenvalue weighted by Crippen LogP contribution is -2.67. The van der Waals surface area contributed by atoms with Gasteiger partial charge in [0.2, 0.25) is 0 Å². The summed E-state index contributed by atoms with van der Waals surface area (Å²) in [5, 5.41) is 122. The van der Waals surface area contributed by atoms with Crippen LogP contribution in [-0.2, 0) is 61.7 Å². The molecule has 9 aliphatic rings. The van der Waals surface area contributed by atoms with E-state index >= 15 is 0 Å². The highest BCUT2D eigenvalue weighted by Gasteiger charge is 2.82. The van der Waals surface area contributed by atoms with Crippen LogP contribution in [0.1, 0.15) is 107 Å². The lowest BCUT2D eigenvalue weighted by molar-refractivity contribution is -0.389. The summed E-state index contributed by atoms with van der Waals surface area (Å²) in [6, 6.07) is 0. The Labute approximate surface area is 466 Å². The van der Waals surface area contributed by atoms with E-state index < -0.39 is 193 Å². The largest absolute Gasteiger partial charge is 0.462 e. The van der Waals surface area contributed by atoms with Crippen molar-refractivity contribution in [3.63, 3.8) is 0 Å². The lowest BCUT2D eigenvalue weighted by Gasteiger charge is -2.64.